The highest BCUT2D eigenvalue weighted by atomic mass is 19.4. The number of hydrazine groups is 1. The quantitative estimate of drug-likeness (QED) is 0.575. The molecule has 0 spiro atoms. The topological polar surface area (TPSA) is 98.2 Å². The number of rotatable bonds is 3. The van der Waals surface area contributed by atoms with Crippen molar-refractivity contribution in [3.05, 3.63) is 35.4 Å². The summed E-state index contributed by atoms with van der Waals surface area (Å²) >= 11 is 0. The van der Waals surface area contributed by atoms with Crippen LogP contribution >= 0.6 is 0 Å². The molecule has 24 heavy (non-hydrogen) atoms. The van der Waals surface area contributed by atoms with Crippen LogP contribution in [-0.2, 0) is 6.18 Å². The van der Waals surface area contributed by atoms with E-state index in [0.717, 1.165) is 17.3 Å². The molecule has 3 N–H and O–H groups in total. The molecule has 0 aromatic heterocycles. The highest BCUT2D eigenvalue weighted by molar-refractivity contribution is 5.92. The lowest BCUT2D eigenvalue weighted by Crippen LogP contribution is -2.55. The Morgan fingerprint density at radius 2 is 2.12 bits per heavy atom. The van der Waals surface area contributed by atoms with Gasteiger partial charge in [0.1, 0.15) is 0 Å². The molecule has 4 amide bonds. The van der Waals surface area contributed by atoms with Crippen molar-refractivity contribution in [2.75, 3.05) is 6.54 Å². The van der Waals surface area contributed by atoms with E-state index in [1.54, 1.807) is 6.92 Å². The fourth-order valence-corrected chi connectivity index (χ4v) is 1.81. The Bertz CT molecular complexity index is 701. The number of amides is 4. The summed E-state index contributed by atoms with van der Waals surface area (Å²) in [5.74, 6) is 0. The van der Waals surface area contributed by atoms with E-state index in [1.165, 1.54) is 18.2 Å². The Hall–Kier alpha value is -3.11. The molecule has 0 bridgehead atoms. The minimum atomic E-state index is -4.53. The van der Waals surface area contributed by atoms with Gasteiger partial charge in [-0.15, -0.1) is 0 Å². The molecule has 1 aromatic rings. The number of halogens is 3. The van der Waals surface area contributed by atoms with E-state index >= 15 is 0 Å². The standard InChI is InChI=1S/C13H13F3N6O2/c1-8-7-22(12(24)20-18-8)21-11(23)19-17-6-9-4-2-3-5-10(9)13(14,15)16/h2-6H,7H2,1H3,(H,20,24)(H2,19,21,23)/b17-6+. The first-order valence-corrected chi connectivity index (χ1v) is 6.64. The van der Waals surface area contributed by atoms with Crippen LogP contribution in [0.3, 0.4) is 0 Å². The SMILES string of the molecule is CC1=NNC(=O)N(NC(=O)N/N=C/c2ccccc2C(F)(F)F)C1. The van der Waals surface area contributed by atoms with Gasteiger partial charge in [0, 0.05) is 5.56 Å². The van der Waals surface area contributed by atoms with Gasteiger partial charge in [-0.25, -0.2) is 30.9 Å². The van der Waals surface area contributed by atoms with E-state index in [4.69, 9.17) is 0 Å². The first kappa shape index (κ1) is 17.2. The van der Waals surface area contributed by atoms with Gasteiger partial charge in [0.05, 0.1) is 24.0 Å². The fourth-order valence-electron chi connectivity index (χ4n) is 1.81. The Balaban J connectivity index is 1.96. The molecule has 0 aliphatic carbocycles. The number of nitrogens with zero attached hydrogens (tertiary/aromatic N) is 3. The molecule has 128 valence electrons. The van der Waals surface area contributed by atoms with Gasteiger partial charge in [0.15, 0.2) is 0 Å². The maximum atomic E-state index is 12.8. The summed E-state index contributed by atoms with van der Waals surface area (Å²) in [5.41, 5.74) is 5.80. The van der Waals surface area contributed by atoms with Gasteiger partial charge >= 0.3 is 18.2 Å². The number of hydrogen-bond acceptors (Lipinski definition) is 4. The zero-order valence-electron chi connectivity index (χ0n) is 12.4. The molecule has 0 saturated carbocycles. The van der Waals surface area contributed by atoms with Gasteiger partial charge < -0.3 is 0 Å². The van der Waals surface area contributed by atoms with Crippen LogP contribution in [0.1, 0.15) is 18.1 Å². The van der Waals surface area contributed by atoms with Crippen molar-refractivity contribution < 1.29 is 22.8 Å². The van der Waals surface area contributed by atoms with Gasteiger partial charge in [-0.05, 0) is 13.0 Å². The van der Waals surface area contributed by atoms with Crippen LogP contribution in [0, 0.1) is 0 Å². The molecule has 11 heteroatoms. The van der Waals surface area contributed by atoms with Gasteiger partial charge in [0.25, 0.3) is 0 Å². The molecule has 0 saturated heterocycles. The number of carbonyl (C=O) groups is 2. The Morgan fingerprint density at radius 1 is 1.42 bits per heavy atom. The second-order valence-electron chi connectivity index (χ2n) is 4.75. The average Bonchev–Trinajstić information content (AvgIpc) is 2.50. The monoisotopic (exact) mass is 342 g/mol. The summed E-state index contributed by atoms with van der Waals surface area (Å²) in [6.07, 6.45) is -3.67. The van der Waals surface area contributed by atoms with Crippen LogP contribution in [0.2, 0.25) is 0 Å². The third-order valence-electron chi connectivity index (χ3n) is 2.85. The second-order valence-corrected chi connectivity index (χ2v) is 4.75. The molecule has 1 aliphatic heterocycles. The normalized spacial score (nSPS) is 15.1. The molecule has 0 unspecified atom stereocenters. The van der Waals surface area contributed by atoms with Crippen LogP contribution < -0.4 is 16.3 Å². The number of urea groups is 2. The van der Waals surface area contributed by atoms with Crippen LogP contribution in [0.15, 0.2) is 34.5 Å². The fraction of sp³-hybridized carbons (Fsp3) is 0.231. The largest absolute Gasteiger partial charge is 0.417 e. The summed E-state index contributed by atoms with van der Waals surface area (Å²) in [4.78, 5) is 23.0. The number of benzene rings is 1. The van der Waals surface area contributed by atoms with Crippen molar-refractivity contribution in [3.8, 4) is 0 Å². The molecule has 0 atom stereocenters. The minimum absolute atomic E-state index is 0.0693. The lowest BCUT2D eigenvalue weighted by molar-refractivity contribution is -0.137. The zero-order chi connectivity index (χ0) is 17.7. The average molecular weight is 342 g/mol. The lowest BCUT2D eigenvalue weighted by atomic mass is 10.1. The van der Waals surface area contributed by atoms with E-state index in [2.05, 4.69) is 21.1 Å². The number of hydrazone groups is 2. The van der Waals surface area contributed by atoms with Crippen LogP contribution in [0.25, 0.3) is 0 Å². The number of alkyl halides is 3. The first-order valence-electron chi connectivity index (χ1n) is 6.64. The minimum Gasteiger partial charge on any atom is -0.245 e. The number of nitrogens with one attached hydrogen (secondary N) is 3. The van der Waals surface area contributed by atoms with Crippen molar-refractivity contribution >= 4 is 24.0 Å². The predicted molar refractivity (Wildman–Crippen MR) is 79.1 cm³/mol. The smallest absolute Gasteiger partial charge is 0.245 e. The maximum absolute atomic E-state index is 12.8. The van der Waals surface area contributed by atoms with Crippen molar-refractivity contribution in [2.24, 2.45) is 10.2 Å². The maximum Gasteiger partial charge on any atom is 0.417 e. The molecular weight excluding hydrogens is 329 g/mol. The van der Waals surface area contributed by atoms with Crippen LogP contribution in [0.4, 0.5) is 22.8 Å². The molecule has 0 fully saturated rings. The molecule has 8 nitrogen and oxygen atoms in total. The van der Waals surface area contributed by atoms with Gasteiger partial charge in [-0.3, -0.25) is 0 Å². The summed E-state index contributed by atoms with van der Waals surface area (Å²) < 4.78 is 38.4. The lowest BCUT2D eigenvalue weighted by Gasteiger charge is -2.25. The predicted octanol–water partition coefficient (Wildman–Crippen LogP) is 1.65. The zero-order valence-corrected chi connectivity index (χ0v) is 12.4. The summed E-state index contributed by atoms with van der Waals surface area (Å²) in [5, 5.41) is 8.06. The molecule has 1 aromatic carbocycles. The summed E-state index contributed by atoms with van der Waals surface area (Å²) in [6, 6.07) is 3.24. The Morgan fingerprint density at radius 3 is 2.83 bits per heavy atom. The third-order valence-corrected chi connectivity index (χ3v) is 2.85. The van der Waals surface area contributed by atoms with E-state index < -0.39 is 23.8 Å². The van der Waals surface area contributed by atoms with E-state index in [9.17, 15) is 22.8 Å². The summed E-state index contributed by atoms with van der Waals surface area (Å²) in [6.45, 7) is 1.71. The van der Waals surface area contributed by atoms with Crippen molar-refractivity contribution in [3.63, 3.8) is 0 Å². The van der Waals surface area contributed by atoms with Crippen molar-refractivity contribution in [1.29, 1.82) is 0 Å². The Kier molecular flexibility index (Phi) is 5.02. The second kappa shape index (κ2) is 6.98. The number of carbonyl (C=O) groups excluding carboxylic acids is 2. The summed E-state index contributed by atoms with van der Waals surface area (Å²) in [7, 11) is 0. The van der Waals surface area contributed by atoms with Gasteiger partial charge in [0.2, 0.25) is 0 Å². The van der Waals surface area contributed by atoms with Crippen molar-refractivity contribution in [1.82, 2.24) is 21.3 Å². The highest BCUT2D eigenvalue weighted by Gasteiger charge is 2.32. The van der Waals surface area contributed by atoms with Gasteiger partial charge in [-0.2, -0.15) is 23.4 Å². The Labute approximate surface area is 134 Å². The van der Waals surface area contributed by atoms with Gasteiger partial charge in [-0.1, -0.05) is 18.2 Å². The number of hydrogen-bond donors (Lipinski definition) is 3. The highest BCUT2D eigenvalue weighted by Crippen LogP contribution is 2.30. The first-order chi connectivity index (χ1) is 11.3. The molecular formula is C13H13F3N6O2. The van der Waals surface area contributed by atoms with E-state index in [1.807, 2.05) is 5.43 Å². The van der Waals surface area contributed by atoms with E-state index in [0.29, 0.717) is 5.71 Å². The van der Waals surface area contributed by atoms with Crippen LogP contribution in [-0.4, -0.2) is 35.5 Å². The molecule has 2 rings (SSSR count). The molecule has 1 heterocycles. The van der Waals surface area contributed by atoms with E-state index in [-0.39, 0.29) is 12.1 Å². The molecule has 0 radical (unpaired) electrons. The molecule has 1 aliphatic rings. The third kappa shape index (κ3) is 4.44. The van der Waals surface area contributed by atoms with Crippen molar-refractivity contribution in [2.45, 2.75) is 13.1 Å². The van der Waals surface area contributed by atoms with Crippen LogP contribution in [0.5, 0.6) is 0 Å².